The smallest absolute Gasteiger partial charge is 0.149 e. The van der Waals surface area contributed by atoms with Gasteiger partial charge in [0.1, 0.15) is 11.3 Å². The molecule has 2 nitrogen and oxygen atoms in total. The molecule has 1 N–H and O–H groups in total. The second-order valence-corrected chi connectivity index (χ2v) is 3.48. The van der Waals surface area contributed by atoms with Gasteiger partial charge in [-0.15, -0.1) is 0 Å². The molecule has 0 fully saturated rings. The van der Waals surface area contributed by atoms with Gasteiger partial charge in [0.25, 0.3) is 0 Å². The minimum atomic E-state index is -0.268. The normalized spacial score (nSPS) is 10.6. The van der Waals surface area contributed by atoms with Crippen molar-refractivity contribution in [1.82, 2.24) is 4.98 Å². The number of fused-ring (bicyclic) bond motifs is 1. The summed E-state index contributed by atoms with van der Waals surface area (Å²) in [6.45, 7) is 4.79. The van der Waals surface area contributed by atoms with Crippen LogP contribution in [0.1, 0.15) is 12.5 Å². The van der Waals surface area contributed by atoms with E-state index >= 15 is 0 Å². The molecule has 0 unspecified atom stereocenters. The lowest BCUT2D eigenvalue weighted by Crippen LogP contribution is -1.99. The molecule has 1 aromatic heterocycles. The van der Waals surface area contributed by atoms with Gasteiger partial charge in [0, 0.05) is 23.8 Å². The van der Waals surface area contributed by atoms with Crippen LogP contribution in [-0.4, -0.2) is 11.5 Å². The molecule has 0 amide bonds. The maximum atomic E-state index is 13.5. The Kier molecular flexibility index (Phi) is 2.54. The first kappa shape index (κ1) is 9.90. The highest BCUT2D eigenvalue weighted by Crippen LogP contribution is 2.26. The van der Waals surface area contributed by atoms with Gasteiger partial charge in [0.15, 0.2) is 0 Å². The predicted molar refractivity (Wildman–Crippen MR) is 60.6 cm³/mol. The first-order valence-electron chi connectivity index (χ1n) is 5.01. The number of nitrogens with zero attached hydrogens (tertiary/aromatic N) is 1. The fourth-order valence-corrected chi connectivity index (χ4v) is 1.74. The molecule has 0 spiro atoms. The van der Waals surface area contributed by atoms with Crippen molar-refractivity contribution in [3.05, 3.63) is 35.8 Å². The zero-order chi connectivity index (χ0) is 10.8. The van der Waals surface area contributed by atoms with Gasteiger partial charge < -0.3 is 5.32 Å². The molecular weight excluding hydrogens is 191 g/mol. The van der Waals surface area contributed by atoms with Crippen molar-refractivity contribution >= 4 is 16.6 Å². The highest BCUT2D eigenvalue weighted by atomic mass is 19.1. The molecule has 0 saturated heterocycles. The van der Waals surface area contributed by atoms with E-state index in [-0.39, 0.29) is 5.82 Å². The van der Waals surface area contributed by atoms with Gasteiger partial charge in [-0.3, -0.25) is 4.98 Å². The van der Waals surface area contributed by atoms with Crippen molar-refractivity contribution in [2.75, 3.05) is 11.9 Å². The van der Waals surface area contributed by atoms with Crippen molar-refractivity contribution in [1.29, 1.82) is 0 Å². The van der Waals surface area contributed by atoms with E-state index < -0.39 is 0 Å². The second kappa shape index (κ2) is 3.85. The van der Waals surface area contributed by atoms with Crippen molar-refractivity contribution in [3.63, 3.8) is 0 Å². The lowest BCUT2D eigenvalue weighted by atomic mass is 10.1. The third-order valence-corrected chi connectivity index (χ3v) is 2.42. The van der Waals surface area contributed by atoms with Crippen LogP contribution in [0.5, 0.6) is 0 Å². The molecule has 15 heavy (non-hydrogen) atoms. The van der Waals surface area contributed by atoms with E-state index in [4.69, 9.17) is 0 Å². The van der Waals surface area contributed by atoms with Crippen LogP contribution in [0, 0.1) is 12.7 Å². The summed E-state index contributed by atoms with van der Waals surface area (Å²) in [6.07, 6.45) is 1.63. The Bertz CT molecular complexity index is 494. The number of aromatic nitrogens is 1. The standard InChI is InChI=1S/C12H13FN2/c1-3-14-10-6-7-15-12-9(13)5-4-8(2)11(10)12/h4-7H,3H2,1-2H3,(H,14,15). The average Bonchev–Trinajstić information content (AvgIpc) is 2.24. The monoisotopic (exact) mass is 204 g/mol. The Labute approximate surface area is 88.1 Å². The molecule has 0 radical (unpaired) electrons. The highest BCUT2D eigenvalue weighted by Gasteiger charge is 2.07. The van der Waals surface area contributed by atoms with E-state index in [9.17, 15) is 4.39 Å². The highest BCUT2D eigenvalue weighted by molar-refractivity contribution is 5.94. The molecule has 1 aromatic carbocycles. The maximum absolute atomic E-state index is 13.5. The number of halogens is 1. The molecule has 2 aromatic rings. The Morgan fingerprint density at radius 2 is 2.13 bits per heavy atom. The van der Waals surface area contributed by atoms with E-state index in [1.807, 2.05) is 19.9 Å². The number of nitrogens with one attached hydrogen (secondary N) is 1. The fraction of sp³-hybridized carbons (Fsp3) is 0.250. The molecule has 0 aliphatic rings. The third-order valence-electron chi connectivity index (χ3n) is 2.42. The lowest BCUT2D eigenvalue weighted by molar-refractivity contribution is 0.636. The molecule has 0 bridgehead atoms. The summed E-state index contributed by atoms with van der Waals surface area (Å²) in [5.41, 5.74) is 2.42. The second-order valence-electron chi connectivity index (χ2n) is 3.48. The van der Waals surface area contributed by atoms with Crippen molar-refractivity contribution in [2.45, 2.75) is 13.8 Å². The Balaban J connectivity index is 2.78. The van der Waals surface area contributed by atoms with E-state index in [1.165, 1.54) is 6.07 Å². The van der Waals surface area contributed by atoms with Gasteiger partial charge >= 0.3 is 0 Å². The quantitative estimate of drug-likeness (QED) is 0.813. The molecule has 2 rings (SSSR count). The largest absolute Gasteiger partial charge is 0.385 e. The van der Waals surface area contributed by atoms with Gasteiger partial charge in [0.2, 0.25) is 0 Å². The number of hydrogen-bond donors (Lipinski definition) is 1. The van der Waals surface area contributed by atoms with Crippen molar-refractivity contribution in [3.8, 4) is 0 Å². The minimum absolute atomic E-state index is 0.268. The number of rotatable bonds is 2. The predicted octanol–water partition coefficient (Wildman–Crippen LogP) is 3.11. The van der Waals surface area contributed by atoms with E-state index in [2.05, 4.69) is 10.3 Å². The zero-order valence-corrected chi connectivity index (χ0v) is 8.84. The first-order valence-corrected chi connectivity index (χ1v) is 5.01. The zero-order valence-electron chi connectivity index (χ0n) is 8.84. The van der Waals surface area contributed by atoms with E-state index in [0.29, 0.717) is 5.52 Å². The van der Waals surface area contributed by atoms with Crippen LogP contribution in [0.25, 0.3) is 10.9 Å². The van der Waals surface area contributed by atoms with E-state index in [0.717, 1.165) is 23.2 Å². The Hall–Kier alpha value is -1.64. The first-order chi connectivity index (χ1) is 7.24. The maximum Gasteiger partial charge on any atom is 0.149 e. The molecule has 0 saturated carbocycles. The van der Waals surface area contributed by atoms with Crippen LogP contribution in [0.2, 0.25) is 0 Å². The molecule has 3 heteroatoms. The van der Waals surface area contributed by atoms with Crippen LogP contribution < -0.4 is 5.32 Å². The van der Waals surface area contributed by atoms with Crippen LogP contribution in [0.4, 0.5) is 10.1 Å². The number of pyridine rings is 1. The van der Waals surface area contributed by atoms with Gasteiger partial charge in [-0.1, -0.05) is 6.07 Å². The molecule has 1 heterocycles. The molecule has 0 aliphatic carbocycles. The number of anilines is 1. The molecule has 78 valence electrons. The number of hydrogen-bond acceptors (Lipinski definition) is 2. The van der Waals surface area contributed by atoms with Gasteiger partial charge in [0.05, 0.1) is 0 Å². The molecule has 0 aliphatic heterocycles. The molecular formula is C12H13FN2. The van der Waals surface area contributed by atoms with Crippen molar-refractivity contribution in [2.24, 2.45) is 0 Å². The van der Waals surface area contributed by atoms with Crippen LogP contribution in [0.15, 0.2) is 24.4 Å². The Morgan fingerprint density at radius 3 is 2.87 bits per heavy atom. The summed E-state index contributed by atoms with van der Waals surface area (Å²) in [6, 6.07) is 5.11. The van der Waals surface area contributed by atoms with Crippen LogP contribution >= 0.6 is 0 Å². The van der Waals surface area contributed by atoms with Crippen LogP contribution in [-0.2, 0) is 0 Å². The Morgan fingerprint density at radius 1 is 1.33 bits per heavy atom. The average molecular weight is 204 g/mol. The summed E-state index contributed by atoms with van der Waals surface area (Å²) < 4.78 is 13.5. The summed E-state index contributed by atoms with van der Waals surface area (Å²) in [5.74, 6) is -0.268. The number of benzene rings is 1. The van der Waals surface area contributed by atoms with Crippen molar-refractivity contribution < 1.29 is 4.39 Å². The fourth-order valence-electron chi connectivity index (χ4n) is 1.74. The van der Waals surface area contributed by atoms with Crippen LogP contribution in [0.3, 0.4) is 0 Å². The van der Waals surface area contributed by atoms with Gasteiger partial charge in [-0.05, 0) is 31.5 Å². The summed E-state index contributed by atoms with van der Waals surface area (Å²) in [4.78, 5) is 4.07. The summed E-state index contributed by atoms with van der Waals surface area (Å²) in [7, 11) is 0. The van der Waals surface area contributed by atoms with Gasteiger partial charge in [-0.25, -0.2) is 4.39 Å². The van der Waals surface area contributed by atoms with Gasteiger partial charge in [-0.2, -0.15) is 0 Å². The van der Waals surface area contributed by atoms with E-state index in [1.54, 1.807) is 12.3 Å². The molecule has 0 atom stereocenters. The topological polar surface area (TPSA) is 24.9 Å². The number of aryl methyl sites for hydroxylation is 1. The SMILES string of the molecule is CCNc1ccnc2c(F)ccc(C)c12. The minimum Gasteiger partial charge on any atom is -0.385 e. The lowest BCUT2D eigenvalue weighted by Gasteiger charge is -2.09. The third kappa shape index (κ3) is 1.65. The summed E-state index contributed by atoms with van der Waals surface area (Å²) >= 11 is 0. The summed E-state index contributed by atoms with van der Waals surface area (Å²) in [5, 5.41) is 4.09.